The third-order valence-corrected chi connectivity index (χ3v) is 2.88. The summed E-state index contributed by atoms with van der Waals surface area (Å²) in [5, 5.41) is 0. The van der Waals surface area contributed by atoms with Crippen LogP contribution in [0.2, 0.25) is 0 Å². The number of benzene rings is 1. The molecule has 1 saturated heterocycles. The molecule has 0 saturated carbocycles. The van der Waals surface area contributed by atoms with Gasteiger partial charge in [-0.05, 0) is 25.0 Å². The van der Waals surface area contributed by atoms with E-state index in [1.807, 2.05) is 24.3 Å². The maximum atomic E-state index is 5.74. The molecule has 0 amide bonds. The van der Waals surface area contributed by atoms with Crippen molar-refractivity contribution in [2.75, 3.05) is 13.2 Å². The number of hydrogen-bond acceptors (Lipinski definition) is 3. The molecule has 0 atom stereocenters. The lowest BCUT2D eigenvalue weighted by molar-refractivity contribution is 0.0798. The van der Waals surface area contributed by atoms with Crippen LogP contribution < -0.4 is 0 Å². The average molecular weight is 203 g/mol. The van der Waals surface area contributed by atoms with Crippen LogP contribution in [-0.2, 0) is 4.74 Å². The fourth-order valence-corrected chi connectivity index (χ4v) is 2.01. The van der Waals surface area contributed by atoms with Crippen LogP contribution in [0.5, 0.6) is 0 Å². The van der Waals surface area contributed by atoms with Crippen molar-refractivity contribution in [1.82, 2.24) is 4.98 Å². The van der Waals surface area contributed by atoms with Crippen molar-refractivity contribution in [3.63, 3.8) is 0 Å². The number of rotatable bonds is 1. The first-order valence-corrected chi connectivity index (χ1v) is 5.37. The molecule has 1 aliphatic rings. The Labute approximate surface area is 88.1 Å². The Morgan fingerprint density at radius 3 is 2.73 bits per heavy atom. The minimum atomic E-state index is 0.436. The van der Waals surface area contributed by atoms with Gasteiger partial charge < -0.3 is 9.15 Å². The quantitative estimate of drug-likeness (QED) is 0.714. The van der Waals surface area contributed by atoms with Crippen molar-refractivity contribution >= 4 is 11.1 Å². The van der Waals surface area contributed by atoms with Crippen molar-refractivity contribution in [3.8, 4) is 0 Å². The molecular formula is C12H13NO2. The van der Waals surface area contributed by atoms with Gasteiger partial charge in [-0.1, -0.05) is 12.1 Å². The molecule has 3 nitrogen and oxygen atoms in total. The van der Waals surface area contributed by atoms with Gasteiger partial charge in [-0.25, -0.2) is 4.98 Å². The molecule has 15 heavy (non-hydrogen) atoms. The van der Waals surface area contributed by atoms with E-state index in [2.05, 4.69) is 4.98 Å². The third-order valence-electron chi connectivity index (χ3n) is 2.88. The predicted octanol–water partition coefficient (Wildman–Crippen LogP) is 2.72. The Balaban J connectivity index is 1.96. The predicted molar refractivity (Wildman–Crippen MR) is 56.8 cm³/mol. The molecule has 0 aliphatic carbocycles. The number of nitrogens with zero attached hydrogens (tertiary/aromatic N) is 1. The van der Waals surface area contributed by atoms with Crippen LogP contribution in [-0.4, -0.2) is 18.2 Å². The van der Waals surface area contributed by atoms with Crippen molar-refractivity contribution in [1.29, 1.82) is 0 Å². The Hall–Kier alpha value is -1.35. The molecule has 1 fully saturated rings. The molecule has 2 aromatic rings. The summed E-state index contributed by atoms with van der Waals surface area (Å²) >= 11 is 0. The molecule has 1 aliphatic heterocycles. The van der Waals surface area contributed by atoms with Crippen LogP contribution in [0.15, 0.2) is 28.7 Å². The van der Waals surface area contributed by atoms with E-state index in [4.69, 9.17) is 9.15 Å². The molecular weight excluding hydrogens is 190 g/mol. The van der Waals surface area contributed by atoms with Crippen LogP contribution in [0.1, 0.15) is 24.7 Å². The van der Waals surface area contributed by atoms with Crippen LogP contribution in [0.25, 0.3) is 11.1 Å². The molecule has 3 rings (SSSR count). The van der Waals surface area contributed by atoms with Gasteiger partial charge in [0.2, 0.25) is 0 Å². The smallest absolute Gasteiger partial charge is 0.198 e. The minimum Gasteiger partial charge on any atom is -0.440 e. The molecule has 1 aromatic carbocycles. The number of fused-ring (bicyclic) bond motifs is 1. The monoisotopic (exact) mass is 203 g/mol. The van der Waals surface area contributed by atoms with Gasteiger partial charge in [-0.2, -0.15) is 0 Å². The number of hydrogen-bond donors (Lipinski definition) is 0. The fraction of sp³-hybridized carbons (Fsp3) is 0.417. The molecule has 0 N–H and O–H groups in total. The Kier molecular flexibility index (Phi) is 2.18. The second kappa shape index (κ2) is 3.66. The molecule has 0 unspecified atom stereocenters. The lowest BCUT2D eigenvalue weighted by Gasteiger charge is -2.18. The summed E-state index contributed by atoms with van der Waals surface area (Å²) in [6, 6.07) is 7.91. The van der Waals surface area contributed by atoms with Gasteiger partial charge in [-0.15, -0.1) is 0 Å². The number of para-hydroxylation sites is 2. The molecule has 1 aromatic heterocycles. The summed E-state index contributed by atoms with van der Waals surface area (Å²) in [5.41, 5.74) is 1.85. The normalized spacial score (nSPS) is 18.4. The zero-order chi connectivity index (χ0) is 10.1. The van der Waals surface area contributed by atoms with Gasteiger partial charge >= 0.3 is 0 Å². The molecule has 0 bridgehead atoms. The maximum absolute atomic E-state index is 5.74. The van der Waals surface area contributed by atoms with E-state index in [0.29, 0.717) is 5.92 Å². The Bertz CT molecular complexity index is 424. The van der Waals surface area contributed by atoms with Gasteiger partial charge in [0.25, 0.3) is 0 Å². The van der Waals surface area contributed by atoms with Crippen LogP contribution >= 0.6 is 0 Å². The van der Waals surface area contributed by atoms with Crippen molar-refractivity contribution in [2.45, 2.75) is 18.8 Å². The van der Waals surface area contributed by atoms with Crippen molar-refractivity contribution in [2.24, 2.45) is 0 Å². The second-order valence-corrected chi connectivity index (χ2v) is 3.91. The molecule has 2 heterocycles. The van der Waals surface area contributed by atoms with E-state index < -0.39 is 0 Å². The number of ether oxygens (including phenoxy) is 1. The molecule has 0 spiro atoms. The van der Waals surface area contributed by atoms with E-state index in [1.54, 1.807) is 0 Å². The van der Waals surface area contributed by atoms with E-state index in [-0.39, 0.29) is 0 Å². The van der Waals surface area contributed by atoms with Gasteiger partial charge in [-0.3, -0.25) is 0 Å². The van der Waals surface area contributed by atoms with Gasteiger partial charge in [0.1, 0.15) is 5.52 Å². The summed E-state index contributed by atoms with van der Waals surface area (Å²) in [5.74, 6) is 1.31. The highest BCUT2D eigenvalue weighted by molar-refractivity contribution is 5.72. The van der Waals surface area contributed by atoms with Crippen LogP contribution in [0, 0.1) is 0 Å². The topological polar surface area (TPSA) is 35.3 Å². The number of oxazole rings is 1. The first-order valence-electron chi connectivity index (χ1n) is 5.37. The highest BCUT2D eigenvalue weighted by Gasteiger charge is 2.20. The van der Waals surface area contributed by atoms with Crippen molar-refractivity contribution in [3.05, 3.63) is 30.2 Å². The SMILES string of the molecule is c1ccc2oc(C3CCOCC3)nc2c1. The lowest BCUT2D eigenvalue weighted by Crippen LogP contribution is -2.14. The van der Waals surface area contributed by atoms with Crippen LogP contribution in [0.4, 0.5) is 0 Å². The largest absolute Gasteiger partial charge is 0.440 e. The van der Waals surface area contributed by atoms with Gasteiger partial charge in [0, 0.05) is 19.1 Å². The van der Waals surface area contributed by atoms with Gasteiger partial charge in [0.15, 0.2) is 11.5 Å². The summed E-state index contributed by atoms with van der Waals surface area (Å²) in [7, 11) is 0. The first kappa shape index (κ1) is 8.92. The lowest BCUT2D eigenvalue weighted by atomic mass is 10.0. The van der Waals surface area contributed by atoms with E-state index in [1.165, 1.54) is 0 Å². The summed E-state index contributed by atoms with van der Waals surface area (Å²) in [6.07, 6.45) is 2.04. The minimum absolute atomic E-state index is 0.436. The molecule has 3 heteroatoms. The first-order chi connectivity index (χ1) is 7.43. The Morgan fingerprint density at radius 2 is 1.93 bits per heavy atom. The van der Waals surface area contributed by atoms with E-state index in [9.17, 15) is 0 Å². The maximum Gasteiger partial charge on any atom is 0.198 e. The zero-order valence-corrected chi connectivity index (χ0v) is 8.48. The standard InChI is InChI=1S/C12H13NO2/c1-2-4-11-10(3-1)13-12(15-11)9-5-7-14-8-6-9/h1-4,9H,5-8H2. The van der Waals surface area contributed by atoms with Crippen LogP contribution in [0.3, 0.4) is 0 Å². The zero-order valence-electron chi connectivity index (χ0n) is 8.48. The molecule has 78 valence electrons. The highest BCUT2D eigenvalue weighted by atomic mass is 16.5. The average Bonchev–Trinajstić information content (AvgIpc) is 2.74. The van der Waals surface area contributed by atoms with Gasteiger partial charge in [0.05, 0.1) is 0 Å². The highest BCUT2D eigenvalue weighted by Crippen LogP contribution is 2.28. The summed E-state index contributed by atoms with van der Waals surface area (Å²) in [4.78, 5) is 4.51. The van der Waals surface area contributed by atoms with Crippen molar-refractivity contribution < 1.29 is 9.15 Å². The third kappa shape index (κ3) is 1.63. The number of aromatic nitrogens is 1. The fourth-order valence-electron chi connectivity index (χ4n) is 2.01. The summed E-state index contributed by atoms with van der Waals surface area (Å²) in [6.45, 7) is 1.65. The Morgan fingerprint density at radius 1 is 1.13 bits per heavy atom. The summed E-state index contributed by atoms with van der Waals surface area (Å²) < 4.78 is 11.1. The van der Waals surface area contributed by atoms with E-state index >= 15 is 0 Å². The van der Waals surface area contributed by atoms with E-state index in [0.717, 1.165) is 43.0 Å². The molecule has 0 radical (unpaired) electrons. The second-order valence-electron chi connectivity index (χ2n) is 3.91.